The highest BCUT2D eigenvalue weighted by atomic mass is 19.1. The summed E-state index contributed by atoms with van der Waals surface area (Å²) < 4.78 is 14.9. The second-order valence-electron chi connectivity index (χ2n) is 4.80. The van der Waals surface area contributed by atoms with E-state index in [2.05, 4.69) is 17.2 Å². The molecule has 0 aliphatic carbocycles. The first kappa shape index (κ1) is 14.5. The van der Waals surface area contributed by atoms with Gasteiger partial charge >= 0.3 is 0 Å². The molecule has 2 aromatic heterocycles. The van der Waals surface area contributed by atoms with E-state index >= 15 is 0 Å². The Bertz CT molecular complexity index is 606. The Hall–Kier alpha value is -1.91. The predicted molar refractivity (Wildman–Crippen MR) is 76.4 cm³/mol. The van der Waals surface area contributed by atoms with Crippen molar-refractivity contribution in [3.05, 3.63) is 35.5 Å². The van der Waals surface area contributed by atoms with Crippen LogP contribution in [0.25, 0.3) is 5.65 Å². The first-order valence-corrected chi connectivity index (χ1v) is 7.12. The third kappa shape index (κ3) is 2.98. The lowest BCUT2D eigenvalue weighted by molar-refractivity contribution is 0.0946. The summed E-state index contributed by atoms with van der Waals surface area (Å²) in [5, 5.41) is 2.88. The van der Waals surface area contributed by atoms with Crippen LogP contribution in [-0.2, 0) is 6.42 Å². The molecule has 2 heterocycles. The minimum absolute atomic E-state index is 0.184. The number of amides is 1. The topological polar surface area (TPSA) is 46.4 Å². The molecule has 0 atom stereocenters. The maximum atomic E-state index is 13.4. The van der Waals surface area contributed by atoms with Crippen molar-refractivity contribution in [1.82, 2.24) is 14.7 Å². The molecule has 108 valence electrons. The van der Waals surface area contributed by atoms with Gasteiger partial charge in [-0.05, 0) is 25.0 Å². The molecule has 0 aliphatic heterocycles. The monoisotopic (exact) mass is 277 g/mol. The summed E-state index contributed by atoms with van der Waals surface area (Å²) in [4.78, 5) is 16.7. The summed E-state index contributed by atoms with van der Waals surface area (Å²) in [6, 6.07) is 2.94. The van der Waals surface area contributed by atoms with Gasteiger partial charge in [-0.2, -0.15) is 0 Å². The summed E-state index contributed by atoms with van der Waals surface area (Å²) in [6.45, 7) is 4.69. The SMILES string of the molecule is CCCCCNC(=O)c1c(CC)nc2ccc(F)cn12. The normalized spacial score (nSPS) is 10.9. The molecule has 1 amide bonds. The summed E-state index contributed by atoms with van der Waals surface area (Å²) in [5.41, 5.74) is 1.74. The fourth-order valence-electron chi connectivity index (χ4n) is 2.22. The zero-order valence-corrected chi connectivity index (χ0v) is 11.9. The molecule has 0 aliphatic rings. The van der Waals surface area contributed by atoms with Crippen LogP contribution in [0.15, 0.2) is 18.3 Å². The molecule has 0 bridgehead atoms. The van der Waals surface area contributed by atoms with Crippen LogP contribution in [0.1, 0.15) is 49.3 Å². The van der Waals surface area contributed by atoms with E-state index in [1.165, 1.54) is 16.7 Å². The van der Waals surface area contributed by atoms with Crippen LogP contribution >= 0.6 is 0 Å². The van der Waals surface area contributed by atoms with E-state index in [1.807, 2.05) is 6.92 Å². The number of rotatable bonds is 6. The van der Waals surface area contributed by atoms with Gasteiger partial charge in [0.2, 0.25) is 0 Å². The number of pyridine rings is 1. The van der Waals surface area contributed by atoms with E-state index in [0.29, 0.717) is 30.0 Å². The van der Waals surface area contributed by atoms with Gasteiger partial charge in [0.05, 0.1) is 5.69 Å². The van der Waals surface area contributed by atoms with Gasteiger partial charge in [-0.1, -0.05) is 26.7 Å². The van der Waals surface area contributed by atoms with Crippen molar-refractivity contribution in [2.24, 2.45) is 0 Å². The smallest absolute Gasteiger partial charge is 0.270 e. The third-order valence-corrected chi connectivity index (χ3v) is 3.27. The summed E-state index contributed by atoms with van der Waals surface area (Å²) in [5.74, 6) is -0.561. The molecule has 0 radical (unpaired) electrons. The van der Waals surface area contributed by atoms with Crippen LogP contribution in [0.4, 0.5) is 4.39 Å². The fourth-order valence-corrected chi connectivity index (χ4v) is 2.22. The highest BCUT2D eigenvalue weighted by molar-refractivity contribution is 5.94. The Morgan fingerprint density at radius 2 is 2.15 bits per heavy atom. The van der Waals surface area contributed by atoms with Gasteiger partial charge in [0.25, 0.3) is 5.91 Å². The van der Waals surface area contributed by atoms with Crippen molar-refractivity contribution < 1.29 is 9.18 Å². The quantitative estimate of drug-likeness (QED) is 0.825. The number of imidazole rings is 1. The Morgan fingerprint density at radius 1 is 1.35 bits per heavy atom. The van der Waals surface area contributed by atoms with E-state index in [0.717, 1.165) is 19.3 Å². The first-order chi connectivity index (χ1) is 9.67. The molecule has 2 rings (SSSR count). The first-order valence-electron chi connectivity index (χ1n) is 7.12. The number of unbranched alkanes of at least 4 members (excludes halogenated alkanes) is 2. The standard InChI is InChI=1S/C15H20FN3O/c1-3-5-6-9-17-15(20)14-12(4-2)18-13-8-7-11(16)10-19(13)14/h7-8,10H,3-6,9H2,1-2H3,(H,17,20). The number of nitrogens with zero attached hydrogens (tertiary/aromatic N) is 2. The Kier molecular flexibility index (Phi) is 4.71. The average Bonchev–Trinajstić information content (AvgIpc) is 2.81. The number of hydrogen-bond donors (Lipinski definition) is 1. The molecule has 1 N–H and O–H groups in total. The van der Waals surface area contributed by atoms with E-state index < -0.39 is 0 Å². The summed E-state index contributed by atoms with van der Waals surface area (Å²) >= 11 is 0. The Balaban J connectivity index is 2.26. The van der Waals surface area contributed by atoms with Crippen molar-refractivity contribution in [3.8, 4) is 0 Å². The van der Waals surface area contributed by atoms with Crippen molar-refractivity contribution in [2.45, 2.75) is 39.5 Å². The number of halogens is 1. The second kappa shape index (κ2) is 6.50. The fraction of sp³-hybridized carbons (Fsp3) is 0.467. The van der Waals surface area contributed by atoms with Crippen molar-refractivity contribution in [1.29, 1.82) is 0 Å². The summed E-state index contributed by atoms with van der Waals surface area (Å²) in [6.07, 6.45) is 5.10. The van der Waals surface area contributed by atoms with Crippen molar-refractivity contribution >= 4 is 11.6 Å². The number of carbonyl (C=O) groups is 1. The number of carbonyl (C=O) groups excluding carboxylic acids is 1. The van der Waals surface area contributed by atoms with Crippen LogP contribution in [0.3, 0.4) is 0 Å². The maximum absolute atomic E-state index is 13.4. The van der Waals surface area contributed by atoms with Crippen LogP contribution < -0.4 is 5.32 Å². The molecule has 2 aromatic rings. The molecular weight excluding hydrogens is 257 g/mol. The van der Waals surface area contributed by atoms with Crippen LogP contribution in [0, 0.1) is 5.82 Å². The van der Waals surface area contributed by atoms with Gasteiger partial charge in [-0.15, -0.1) is 0 Å². The van der Waals surface area contributed by atoms with Crippen molar-refractivity contribution in [3.63, 3.8) is 0 Å². The van der Waals surface area contributed by atoms with Crippen LogP contribution in [0.2, 0.25) is 0 Å². The Morgan fingerprint density at radius 3 is 2.85 bits per heavy atom. The maximum Gasteiger partial charge on any atom is 0.270 e. The van der Waals surface area contributed by atoms with Crippen LogP contribution in [0.5, 0.6) is 0 Å². The van der Waals surface area contributed by atoms with Gasteiger partial charge < -0.3 is 5.32 Å². The van der Waals surface area contributed by atoms with E-state index in [1.54, 1.807) is 6.07 Å². The number of nitrogens with one attached hydrogen (secondary N) is 1. The van der Waals surface area contributed by atoms with E-state index in [-0.39, 0.29) is 11.7 Å². The minimum Gasteiger partial charge on any atom is -0.351 e. The average molecular weight is 277 g/mol. The lowest BCUT2D eigenvalue weighted by Gasteiger charge is -2.06. The number of aromatic nitrogens is 2. The second-order valence-corrected chi connectivity index (χ2v) is 4.80. The zero-order chi connectivity index (χ0) is 14.5. The van der Waals surface area contributed by atoms with Gasteiger partial charge in [-0.25, -0.2) is 9.37 Å². The van der Waals surface area contributed by atoms with Gasteiger partial charge in [0.1, 0.15) is 17.2 Å². The summed E-state index contributed by atoms with van der Waals surface area (Å²) in [7, 11) is 0. The molecule has 0 saturated carbocycles. The van der Waals surface area contributed by atoms with Gasteiger partial charge in [0.15, 0.2) is 0 Å². The molecule has 0 unspecified atom stereocenters. The highest BCUT2D eigenvalue weighted by Gasteiger charge is 2.18. The molecule has 20 heavy (non-hydrogen) atoms. The molecule has 4 nitrogen and oxygen atoms in total. The number of fused-ring (bicyclic) bond motifs is 1. The molecule has 0 fully saturated rings. The molecule has 0 aromatic carbocycles. The zero-order valence-electron chi connectivity index (χ0n) is 11.9. The largest absolute Gasteiger partial charge is 0.351 e. The lowest BCUT2D eigenvalue weighted by atomic mass is 10.2. The molecule has 0 saturated heterocycles. The predicted octanol–water partition coefficient (Wildman–Crippen LogP) is 2.96. The molecule has 5 heteroatoms. The van der Waals surface area contributed by atoms with Crippen LogP contribution in [-0.4, -0.2) is 21.8 Å². The van der Waals surface area contributed by atoms with E-state index in [9.17, 15) is 9.18 Å². The highest BCUT2D eigenvalue weighted by Crippen LogP contribution is 2.14. The number of aryl methyl sites for hydroxylation is 1. The molecule has 0 spiro atoms. The minimum atomic E-state index is -0.377. The van der Waals surface area contributed by atoms with E-state index in [4.69, 9.17) is 0 Å². The number of hydrogen-bond acceptors (Lipinski definition) is 2. The lowest BCUT2D eigenvalue weighted by Crippen LogP contribution is -2.26. The third-order valence-electron chi connectivity index (χ3n) is 3.27. The van der Waals surface area contributed by atoms with Crippen molar-refractivity contribution in [2.75, 3.05) is 6.54 Å². The molecular formula is C15H20FN3O. The Labute approximate surface area is 118 Å². The van der Waals surface area contributed by atoms with Gasteiger partial charge in [-0.3, -0.25) is 9.20 Å². The van der Waals surface area contributed by atoms with Gasteiger partial charge in [0, 0.05) is 12.7 Å².